The van der Waals surface area contributed by atoms with E-state index >= 15 is 4.79 Å². The highest BCUT2D eigenvalue weighted by Crippen LogP contribution is 2.66. The topological polar surface area (TPSA) is 79.3 Å². The number of ether oxygens (including phenoxy) is 2. The Bertz CT molecular complexity index is 2050. The molecule has 0 unspecified atom stereocenters. The van der Waals surface area contributed by atoms with Gasteiger partial charge < -0.3 is 19.5 Å². The van der Waals surface area contributed by atoms with Gasteiger partial charge >= 0.3 is 5.97 Å². The average Bonchev–Trinajstić information content (AvgIpc) is 4.02. The maximum Gasteiger partial charge on any atom is 0.308 e. The zero-order valence-electron chi connectivity index (χ0n) is 35.6. The number of carbonyl (C=O) groups is 2. The van der Waals surface area contributed by atoms with E-state index in [0.717, 1.165) is 81.5 Å². The van der Waals surface area contributed by atoms with Gasteiger partial charge in [-0.1, -0.05) is 130 Å². The molecule has 5 aliphatic rings. The Morgan fingerprint density at radius 3 is 2.12 bits per heavy atom. The van der Waals surface area contributed by atoms with Gasteiger partial charge in [0, 0.05) is 61.0 Å². The van der Waals surface area contributed by atoms with E-state index in [2.05, 4.69) is 101 Å². The number of hydrogen-bond acceptors (Lipinski definition) is 6. The number of aromatic hydroxyl groups is 1. The van der Waals surface area contributed by atoms with E-state index < -0.39 is 5.97 Å². The second-order valence-corrected chi connectivity index (χ2v) is 18.7. The zero-order valence-corrected chi connectivity index (χ0v) is 35.6. The van der Waals surface area contributed by atoms with Gasteiger partial charge in [0.25, 0.3) is 0 Å². The summed E-state index contributed by atoms with van der Waals surface area (Å²) in [5.41, 5.74) is 5.45. The minimum Gasteiger partial charge on any atom is -0.508 e. The summed E-state index contributed by atoms with van der Waals surface area (Å²) in [6, 6.07) is 33.9. The van der Waals surface area contributed by atoms with Gasteiger partial charge in [0.1, 0.15) is 11.9 Å². The van der Waals surface area contributed by atoms with Gasteiger partial charge in [-0.05, 0) is 92.9 Å². The first kappa shape index (κ1) is 40.8. The molecule has 9 rings (SSSR count). The maximum atomic E-state index is 15.1. The number of phenols is 1. The fourth-order valence-electron chi connectivity index (χ4n) is 11.9. The molecule has 316 valence electrons. The second kappa shape index (κ2) is 18.2. The van der Waals surface area contributed by atoms with Crippen LogP contribution in [0.3, 0.4) is 0 Å². The molecular weight excluding hydrogens is 745 g/mol. The molecule has 0 aromatic heterocycles. The van der Waals surface area contributed by atoms with Crippen LogP contribution < -0.4 is 9.47 Å². The Kier molecular flexibility index (Phi) is 12.3. The Balaban J connectivity index is 0.969. The molecule has 2 bridgehead atoms. The molecule has 2 aliphatic heterocycles. The third kappa shape index (κ3) is 8.36. The minimum absolute atomic E-state index is 0.00653. The summed E-state index contributed by atoms with van der Waals surface area (Å²) >= 11 is 0. The maximum absolute atomic E-state index is 15.1. The zero-order chi connectivity index (χ0) is 41.1. The van der Waals surface area contributed by atoms with Crippen LogP contribution in [-0.2, 0) is 27.8 Å². The average molecular weight is 809 g/mol. The molecule has 3 aliphatic carbocycles. The molecule has 0 radical (unpaired) electrons. The van der Waals surface area contributed by atoms with Crippen molar-refractivity contribution in [3.63, 3.8) is 0 Å². The number of phenolic OH excluding ortho intramolecular Hbond substituents is 1. The molecule has 1 amide bonds. The molecule has 1 saturated heterocycles. The van der Waals surface area contributed by atoms with Gasteiger partial charge in [-0.15, -0.1) is 0 Å². The van der Waals surface area contributed by atoms with Gasteiger partial charge in [0.15, 0.2) is 11.5 Å². The van der Waals surface area contributed by atoms with Gasteiger partial charge in [-0.2, -0.15) is 0 Å². The largest absolute Gasteiger partial charge is 0.508 e. The molecule has 4 aromatic rings. The summed E-state index contributed by atoms with van der Waals surface area (Å²) in [5, 5.41) is 11.7. The summed E-state index contributed by atoms with van der Waals surface area (Å²) in [7, 11) is 0. The predicted molar refractivity (Wildman–Crippen MR) is 237 cm³/mol. The van der Waals surface area contributed by atoms with E-state index in [1.54, 1.807) is 6.07 Å². The van der Waals surface area contributed by atoms with Gasteiger partial charge in [-0.25, -0.2) is 0 Å². The van der Waals surface area contributed by atoms with Crippen LogP contribution in [0.1, 0.15) is 131 Å². The minimum atomic E-state index is -0.434. The van der Waals surface area contributed by atoms with Gasteiger partial charge in [-0.3, -0.25) is 14.5 Å². The van der Waals surface area contributed by atoms with Crippen LogP contribution in [0.15, 0.2) is 97.1 Å². The van der Waals surface area contributed by atoms with Crippen LogP contribution in [0.4, 0.5) is 0 Å². The number of rotatable bonds is 19. The Morgan fingerprint density at radius 2 is 1.47 bits per heavy atom. The Morgan fingerprint density at radius 1 is 0.833 bits per heavy atom. The lowest BCUT2D eigenvalue weighted by Gasteiger charge is -2.60. The van der Waals surface area contributed by atoms with Crippen LogP contribution in [0.25, 0.3) is 0 Å². The van der Waals surface area contributed by atoms with Crippen molar-refractivity contribution in [1.29, 1.82) is 0 Å². The fraction of sp³-hybridized carbons (Fsp3) is 0.509. The number of amides is 1. The lowest BCUT2D eigenvalue weighted by molar-refractivity contribution is -0.143. The molecule has 2 saturated carbocycles. The first-order valence-electron chi connectivity index (χ1n) is 23.3. The molecule has 3 fully saturated rings. The van der Waals surface area contributed by atoms with E-state index in [9.17, 15) is 9.90 Å². The summed E-state index contributed by atoms with van der Waals surface area (Å²) < 4.78 is 13.1. The normalized spacial score (nSPS) is 23.8. The molecule has 1 N–H and O–H groups in total. The van der Waals surface area contributed by atoms with Crippen molar-refractivity contribution in [2.24, 2.45) is 11.8 Å². The highest BCUT2D eigenvalue weighted by molar-refractivity contribution is 5.77. The van der Waals surface area contributed by atoms with Gasteiger partial charge in [0.2, 0.25) is 5.91 Å². The number of unbranched alkanes of at least 4 members (excludes halogenated alkanes) is 7. The molecule has 60 heavy (non-hydrogen) atoms. The van der Waals surface area contributed by atoms with E-state index in [0.29, 0.717) is 36.4 Å². The smallest absolute Gasteiger partial charge is 0.308 e. The van der Waals surface area contributed by atoms with Crippen LogP contribution in [0.5, 0.6) is 17.2 Å². The summed E-state index contributed by atoms with van der Waals surface area (Å²) in [4.78, 5) is 32.5. The molecule has 5 atom stereocenters. The molecule has 7 heteroatoms. The standard InChI is InChI=1S/C53H64N2O5/c1-37(56)59-48-34-47(57)42-33-46-44-29-30-45(52-53(44,50(42)51(48)60-52)31-32-54(46)35-39-27-28-39)55(36-43(40-22-14-9-15-23-40)41-24-16-10-17-25-41)49(58)26-18-7-5-3-2-4-6-11-19-38-20-12-8-13-21-38/h8-10,12-17,20-25,34,39,43-46,52,57H,2-7,11,18-19,26-33,35-36H2,1H3/t44-,45+,46+,52-,53-/m0/s1. The Hall–Kier alpha value is -4.62. The highest BCUT2D eigenvalue weighted by Gasteiger charge is 2.67. The molecule has 2 heterocycles. The number of benzene rings is 4. The van der Waals surface area contributed by atoms with Crippen LogP contribution in [-0.4, -0.2) is 64.6 Å². The van der Waals surface area contributed by atoms with Crippen molar-refractivity contribution < 1.29 is 24.2 Å². The third-order valence-corrected chi connectivity index (χ3v) is 14.9. The van der Waals surface area contributed by atoms with Crippen molar-refractivity contribution in [3.05, 3.63) is 125 Å². The van der Waals surface area contributed by atoms with Crippen LogP contribution in [0.2, 0.25) is 0 Å². The van der Waals surface area contributed by atoms with Crippen LogP contribution in [0, 0.1) is 11.8 Å². The number of piperidine rings is 1. The monoisotopic (exact) mass is 808 g/mol. The van der Waals surface area contributed by atoms with E-state index in [1.807, 2.05) is 0 Å². The fourth-order valence-corrected chi connectivity index (χ4v) is 11.9. The highest BCUT2D eigenvalue weighted by atomic mass is 16.6. The lowest BCUT2D eigenvalue weighted by atomic mass is 9.50. The summed E-state index contributed by atoms with van der Waals surface area (Å²) in [5.74, 6) is 1.98. The van der Waals surface area contributed by atoms with Crippen molar-refractivity contribution in [2.45, 2.75) is 139 Å². The number of carbonyl (C=O) groups excluding carboxylic acids is 2. The number of hydrogen-bond donors (Lipinski definition) is 1. The van der Waals surface area contributed by atoms with Crippen molar-refractivity contribution in [1.82, 2.24) is 9.80 Å². The summed E-state index contributed by atoms with van der Waals surface area (Å²) in [6.07, 6.45) is 16.8. The number of esters is 1. The Labute approximate surface area is 357 Å². The first-order chi connectivity index (χ1) is 29.4. The quantitative estimate of drug-likeness (QED) is 0.0577. The molecule has 4 aromatic carbocycles. The SMILES string of the molecule is CC(=O)Oc1cc(O)c2c3c1O[C@H]1[C@H](N(CC(c4ccccc4)c4ccccc4)C(=O)CCCCCCCCCCc4ccccc4)CC[C@H]4[C@@H](C2)N(CC2CC2)CC[C@@]341. The van der Waals surface area contributed by atoms with Gasteiger partial charge in [0.05, 0.1) is 6.04 Å². The van der Waals surface area contributed by atoms with E-state index in [4.69, 9.17) is 9.47 Å². The van der Waals surface area contributed by atoms with Crippen molar-refractivity contribution in [2.75, 3.05) is 19.6 Å². The molecular formula is C53H64N2O5. The summed E-state index contributed by atoms with van der Waals surface area (Å²) in [6.45, 7) is 4.06. The van der Waals surface area contributed by atoms with Crippen LogP contribution >= 0.6 is 0 Å². The second-order valence-electron chi connectivity index (χ2n) is 18.7. The molecule has 7 nitrogen and oxygen atoms in total. The predicted octanol–water partition coefficient (Wildman–Crippen LogP) is 10.5. The number of aryl methyl sites for hydroxylation is 1. The van der Waals surface area contributed by atoms with E-state index in [-0.39, 0.29) is 35.1 Å². The molecule has 1 spiro atoms. The van der Waals surface area contributed by atoms with Crippen molar-refractivity contribution >= 4 is 11.9 Å². The van der Waals surface area contributed by atoms with Crippen molar-refractivity contribution in [3.8, 4) is 17.2 Å². The number of nitrogens with zero attached hydrogens (tertiary/aromatic N) is 2. The van der Waals surface area contributed by atoms with E-state index in [1.165, 1.54) is 68.6 Å². The number of likely N-dealkylation sites (tertiary alicyclic amines) is 1. The first-order valence-corrected chi connectivity index (χ1v) is 23.3. The lowest BCUT2D eigenvalue weighted by Crippen LogP contribution is -2.69. The third-order valence-electron chi connectivity index (χ3n) is 14.9.